The molecule has 1 aliphatic rings. The maximum Gasteiger partial charge on any atom is 0.280 e. The molecule has 0 spiro atoms. The number of aryl methyl sites for hydroxylation is 2. The maximum atomic E-state index is 13.1. The summed E-state index contributed by atoms with van der Waals surface area (Å²) in [5, 5.41) is 8.21. The van der Waals surface area contributed by atoms with Crippen molar-refractivity contribution in [2.24, 2.45) is 7.05 Å². The van der Waals surface area contributed by atoms with Crippen LogP contribution >= 0.6 is 0 Å². The largest absolute Gasteiger partial charge is 0.341 e. The first-order valence-electron chi connectivity index (χ1n) is 9.83. The minimum Gasteiger partial charge on any atom is -0.341 e. The number of piperidine rings is 1. The number of hydrogen-bond donors (Lipinski definition) is 0. The molecule has 1 fully saturated rings. The monoisotopic (exact) mass is 415 g/mol. The predicted molar refractivity (Wildman–Crippen MR) is 105 cm³/mol. The summed E-state index contributed by atoms with van der Waals surface area (Å²) in [4.78, 5) is 23.4. The molecule has 0 aromatic carbocycles. The van der Waals surface area contributed by atoms with Crippen LogP contribution in [0.1, 0.15) is 42.4 Å². The van der Waals surface area contributed by atoms with Crippen LogP contribution < -0.4 is 0 Å². The molecule has 0 bridgehead atoms. The molecule has 3 aromatic rings. The minimum atomic E-state index is -2.66. The number of rotatable bonds is 5. The Bertz CT molecular complexity index is 1040. The lowest BCUT2D eigenvalue weighted by Crippen LogP contribution is -2.40. The van der Waals surface area contributed by atoms with E-state index in [0.717, 1.165) is 34.6 Å². The fourth-order valence-electron chi connectivity index (χ4n) is 3.77. The van der Waals surface area contributed by atoms with E-state index in [4.69, 9.17) is 0 Å². The zero-order valence-corrected chi connectivity index (χ0v) is 16.9. The lowest BCUT2D eigenvalue weighted by molar-refractivity contribution is -0.133. The molecule has 158 valence electrons. The second kappa shape index (κ2) is 8.29. The summed E-state index contributed by atoms with van der Waals surface area (Å²) in [6.07, 6.45) is 4.20. The number of carbonyl (C=O) groups excluding carboxylic acids is 1. The van der Waals surface area contributed by atoms with Crippen molar-refractivity contribution in [2.45, 2.75) is 38.7 Å². The lowest BCUT2D eigenvalue weighted by Gasteiger charge is -2.31. The fourth-order valence-corrected chi connectivity index (χ4v) is 3.77. The molecule has 4 rings (SSSR count). The molecule has 0 radical (unpaired) electrons. The van der Waals surface area contributed by atoms with Gasteiger partial charge in [-0.15, -0.1) is 0 Å². The Morgan fingerprint density at radius 3 is 2.73 bits per heavy atom. The van der Waals surface area contributed by atoms with E-state index in [9.17, 15) is 13.6 Å². The van der Waals surface area contributed by atoms with Gasteiger partial charge < -0.3 is 4.90 Å². The van der Waals surface area contributed by atoms with Crippen molar-refractivity contribution in [3.63, 3.8) is 0 Å². The second-order valence-corrected chi connectivity index (χ2v) is 7.53. The highest BCUT2D eigenvalue weighted by molar-refractivity contribution is 5.76. The van der Waals surface area contributed by atoms with Crippen molar-refractivity contribution < 1.29 is 13.6 Å². The minimum absolute atomic E-state index is 0.147. The van der Waals surface area contributed by atoms with Crippen molar-refractivity contribution in [3.05, 3.63) is 47.9 Å². The first kappa shape index (κ1) is 20.1. The third-order valence-corrected chi connectivity index (χ3v) is 5.33. The maximum absolute atomic E-state index is 13.1. The van der Waals surface area contributed by atoms with Crippen LogP contribution in [-0.2, 0) is 18.4 Å². The molecule has 4 heterocycles. The molecule has 1 saturated heterocycles. The van der Waals surface area contributed by atoms with Crippen molar-refractivity contribution in [1.29, 1.82) is 0 Å². The van der Waals surface area contributed by atoms with Crippen LogP contribution in [0.4, 0.5) is 8.78 Å². The Morgan fingerprint density at radius 1 is 1.30 bits per heavy atom. The van der Waals surface area contributed by atoms with E-state index in [1.165, 1.54) is 6.07 Å². The average Bonchev–Trinajstić information content (AvgIpc) is 3.33. The number of hydrogen-bond acceptors (Lipinski definition) is 5. The van der Waals surface area contributed by atoms with Crippen LogP contribution in [0.2, 0.25) is 0 Å². The van der Waals surface area contributed by atoms with E-state index in [1.54, 1.807) is 28.9 Å². The van der Waals surface area contributed by atoms with E-state index in [0.29, 0.717) is 18.8 Å². The summed E-state index contributed by atoms with van der Waals surface area (Å²) in [7, 11) is 1.85. The molecule has 30 heavy (non-hydrogen) atoms. The SMILES string of the molecule is Cc1cc(C(F)F)n(CC(=O)N2CCC(c3nccc(-c4cnn(C)c4)n3)CC2)n1. The first-order chi connectivity index (χ1) is 14.4. The van der Waals surface area contributed by atoms with Gasteiger partial charge in [-0.25, -0.2) is 18.7 Å². The van der Waals surface area contributed by atoms with E-state index in [2.05, 4.69) is 20.2 Å². The number of nitrogens with zero attached hydrogens (tertiary/aromatic N) is 7. The summed E-state index contributed by atoms with van der Waals surface area (Å²) in [6, 6.07) is 3.17. The molecule has 10 heteroatoms. The second-order valence-electron chi connectivity index (χ2n) is 7.53. The van der Waals surface area contributed by atoms with E-state index >= 15 is 0 Å². The van der Waals surface area contributed by atoms with E-state index < -0.39 is 6.43 Å². The summed E-state index contributed by atoms with van der Waals surface area (Å²) < 4.78 is 29.1. The van der Waals surface area contributed by atoms with E-state index in [-0.39, 0.29) is 24.1 Å². The Labute approximate surface area is 172 Å². The Morgan fingerprint density at radius 2 is 2.07 bits per heavy atom. The zero-order valence-electron chi connectivity index (χ0n) is 16.9. The van der Waals surface area contributed by atoms with Gasteiger partial charge in [-0.1, -0.05) is 0 Å². The molecule has 3 aromatic heterocycles. The molecule has 0 atom stereocenters. The zero-order chi connectivity index (χ0) is 21.3. The number of likely N-dealkylation sites (tertiary alicyclic amines) is 1. The smallest absolute Gasteiger partial charge is 0.280 e. The summed E-state index contributed by atoms with van der Waals surface area (Å²) in [6.45, 7) is 2.53. The molecule has 0 aliphatic carbocycles. The predicted octanol–water partition coefficient (Wildman–Crippen LogP) is 2.73. The Balaban J connectivity index is 1.39. The molecule has 8 nitrogen and oxygen atoms in total. The highest BCUT2D eigenvalue weighted by Gasteiger charge is 2.27. The third kappa shape index (κ3) is 4.22. The quantitative estimate of drug-likeness (QED) is 0.640. The average molecular weight is 415 g/mol. The van der Waals surface area contributed by atoms with Crippen molar-refractivity contribution in [1.82, 2.24) is 34.4 Å². The van der Waals surface area contributed by atoms with Gasteiger partial charge in [-0.2, -0.15) is 10.2 Å². The molecule has 1 amide bonds. The molecular formula is C20H23F2N7O. The summed E-state index contributed by atoms with van der Waals surface area (Å²) in [5.41, 5.74) is 2.00. The Hall–Kier alpha value is -3.17. The molecule has 1 aliphatic heterocycles. The van der Waals surface area contributed by atoms with Crippen LogP contribution in [0.3, 0.4) is 0 Å². The van der Waals surface area contributed by atoms with Crippen molar-refractivity contribution in [2.75, 3.05) is 13.1 Å². The van der Waals surface area contributed by atoms with Gasteiger partial charge in [-0.3, -0.25) is 14.2 Å². The summed E-state index contributed by atoms with van der Waals surface area (Å²) in [5.74, 6) is 0.698. The standard InChI is InChI=1S/C20H23F2N7O/c1-13-9-17(19(21)22)29(26-13)12-18(30)28-7-4-14(5-8-28)20-23-6-3-16(25-20)15-10-24-27(2)11-15/h3,6,9-11,14,19H,4-5,7-8,12H2,1-2H3. The fraction of sp³-hybridized carbons (Fsp3) is 0.450. The number of amides is 1. The van der Waals surface area contributed by atoms with Gasteiger partial charge in [0.05, 0.1) is 17.6 Å². The van der Waals surface area contributed by atoms with Gasteiger partial charge in [0.25, 0.3) is 6.43 Å². The highest BCUT2D eigenvalue weighted by atomic mass is 19.3. The molecule has 0 N–H and O–H groups in total. The van der Waals surface area contributed by atoms with Crippen LogP contribution in [-0.4, -0.2) is 53.4 Å². The van der Waals surface area contributed by atoms with Crippen molar-refractivity contribution >= 4 is 5.91 Å². The topological polar surface area (TPSA) is 81.7 Å². The summed E-state index contributed by atoms with van der Waals surface area (Å²) >= 11 is 0. The van der Waals surface area contributed by atoms with Gasteiger partial charge >= 0.3 is 0 Å². The van der Waals surface area contributed by atoms with Crippen molar-refractivity contribution in [3.8, 4) is 11.3 Å². The number of alkyl halides is 2. The molecule has 0 unspecified atom stereocenters. The van der Waals surface area contributed by atoms with Crippen LogP contribution in [0.5, 0.6) is 0 Å². The molecule has 0 saturated carbocycles. The van der Waals surface area contributed by atoms with Crippen LogP contribution in [0, 0.1) is 6.92 Å². The number of aromatic nitrogens is 6. The third-order valence-electron chi connectivity index (χ3n) is 5.33. The van der Waals surface area contributed by atoms with E-state index in [1.807, 2.05) is 19.3 Å². The normalized spacial score (nSPS) is 15.2. The van der Waals surface area contributed by atoms with Crippen LogP contribution in [0.15, 0.2) is 30.7 Å². The highest BCUT2D eigenvalue weighted by Crippen LogP contribution is 2.27. The van der Waals surface area contributed by atoms with Gasteiger partial charge in [0, 0.05) is 44.0 Å². The number of halogens is 2. The number of carbonyl (C=O) groups is 1. The lowest BCUT2D eigenvalue weighted by atomic mass is 9.95. The van der Waals surface area contributed by atoms with Gasteiger partial charge in [0.15, 0.2) is 0 Å². The van der Waals surface area contributed by atoms with Gasteiger partial charge in [0.1, 0.15) is 18.1 Å². The van der Waals surface area contributed by atoms with Crippen LogP contribution in [0.25, 0.3) is 11.3 Å². The first-order valence-corrected chi connectivity index (χ1v) is 9.83. The molecular weight excluding hydrogens is 392 g/mol. The van der Waals surface area contributed by atoms with Gasteiger partial charge in [0.2, 0.25) is 5.91 Å². The Kier molecular flexibility index (Phi) is 5.56. The van der Waals surface area contributed by atoms with Gasteiger partial charge in [-0.05, 0) is 31.9 Å².